The minimum atomic E-state index is -0.311. The molecule has 2 amide bonds. The van der Waals surface area contributed by atoms with Crippen LogP contribution in [-0.2, 0) is 13.1 Å². The average molecular weight is 446 g/mol. The van der Waals surface area contributed by atoms with Crippen LogP contribution in [0.15, 0.2) is 54.6 Å². The standard InChI is InChI=1S/C26H28FN5O/c1-17(31-12-2-3-13-31)19-4-5-20-15-32(16-21(20)14-19)26(33)30-25-23(28)10-11-24(29-25)18-6-8-22(27)9-7-18/h4-11,14,17H,2-3,12-13,15-16,28H2,1H3,(H,29,30,33). The molecule has 5 rings (SSSR count). The molecule has 3 aromatic rings. The van der Waals surface area contributed by atoms with Gasteiger partial charge in [0.25, 0.3) is 0 Å². The summed E-state index contributed by atoms with van der Waals surface area (Å²) >= 11 is 0. The van der Waals surface area contributed by atoms with E-state index in [-0.39, 0.29) is 11.8 Å². The second kappa shape index (κ2) is 8.83. The molecule has 1 unspecified atom stereocenters. The van der Waals surface area contributed by atoms with Crippen LogP contribution in [-0.4, -0.2) is 33.9 Å². The van der Waals surface area contributed by atoms with E-state index in [1.807, 2.05) is 0 Å². The Morgan fingerprint density at radius 1 is 1.03 bits per heavy atom. The zero-order chi connectivity index (χ0) is 22.9. The third kappa shape index (κ3) is 4.41. The van der Waals surface area contributed by atoms with Gasteiger partial charge in [-0.2, -0.15) is 0 Å². The summed E-state index contributed by atoms with van der Waals surface area (Å²) in [5.41, 5.74) is 11.5. The first kappa shape index (κ1) is 21.4. The zero-order valence-corrected chi connectivity index (χ0v) is 18.7. The maximum Gasteiger partial charge on any atom is 0.323 e. The highest BCUT2D eigenvalue weighted by Gasteiger charge is 2.26. The molecule has 0 bridgehead atoms. The van der Waals surface area contributed by atoms with Crippen molar-refractivity contribution in [3.63, 3.8) is 0 Å². The lowest BCUT2D eigenvalue weighted by atomic mass is 10.0. The van der Waals surface area contributed by atoms with Gasteiger partial charge in [0.05, 0.1) is 11.4 Å². The highest BCUT2D eigenvalue weighted by molar-refractivity contribution is 5.92. The van der Waals surface area contributed by atoms with E-state index in [9.17, 15) is 9.18 Å². The third-order valence-electron chi connectivity index (χ3n) is 6.70. The third-order valence-corrected chi connectivity index (χ3v) is 6.70. The van der Waals surface area contributed by atoms with Gasteiger partial charge in [0.2, 0.25) is 0 Å². The van der Waals surface area contributed by atoms with E-state index in [0.717, 1.165) is 18.7 Å². The number of carbonyl (C=O) groups is 1. The number of hydrogen-bond acceptors (Lipinski definition) is 4. The van der Waals surface area contributed by atoms with Crippen molar-refractivity contribution in [3.05, 3.63) is 77.1 Å². The minimum Gasteiger partial charge on any atom is -0.396 e. The van der Waals surface area contributed by atoms with E-state index >= 15 is 0 Å². The second-order valence-corrected chi connectivity index (χ2v) is 8.87. The molecule has 2 aromatic carbocycles. The average Bonchev–Trinajstić information content (AvgIpc) is 3.50. The fourth-order valence-corrected chi connectivity index (χ4v) is 4.69. The molecule has 2 aliphatic rings. The van der Waals surface area contributed by atoms with Gasteiger partial charge < -0.3 is 10.6 Å². The maximum absolute atomic E-state index is 13.2. The topological polar surface area (TPSA) is 74.5 Å². The van der Waals surface area contributed by atoms with Crippen LogP contribution < -0.4 is 11.1 Å². The van der Waals surface area contributed by atoms with Crippen LogP contribution in [0.1, 0.15) is 42.5 Å². The summed E-state index contributed by atoms with van der Waals surface area (Å²) < 4.78 is 13.2. The Kier molecular flexibility index (Phi) is 5.72. The first-order valence-electron chi connectivity index (χ1n) is 11.4. The summed E-state index contributed by atoms with van der Waals surface area (Å²) in [7, 11) is 0. The summed E-state index contributed by atoms with van der Waals surface area (Å²) in [5.74, 6) is -0.00423. The van der Waals surface area contributed by atoms with Gasteiger partial charge in [-0.1, -0.05) is 18.2 Å². The number of nitrogens with two attached hydrogens (primary N) is 1. The van der Waals surface area contributed by atoms with Gasteiger partial charge >= 0.3 is 6.03 Å². The highest BCUT2D eigenvalue weighted by Crippen LogP contribution is 2.31. The van der Waals surface area contributed by atoms with E-state index in [2.05, 4.69) is 40.3 Å². The Labute approximate surface area is 193 Å². The summed E-state index contributed by atoms with van der Waals surface area (Å²) in [6.07, 6.45) is 2.53. The molecular formula is C26H28FN5O. The molecule has 6 nitrogen and oxygen atoms in total. The van der Waals surface area contributed by atoms with Crippen molar-refractivity contribution in [2.75, 3.05) is 24.1 Å². The molecule has 0 spiro atoms. The molecule has 3 N–H and O–H groups in total. The number of amides is 2. The fourth-order valence-electron chi connectivity index (χ4n) is 4.69. The molecule has 33 heavy (non-hydrogen) atoms. The number of rotatable bonds is 4. The van der Waals surface area contributed by atoms with Crippen molar-refractivity contribution >= 4 is 17.5 Å². The molecule has 1 fully saturated rings. The smallest absolute Gasteiger partial charge is 0.323 e. The number of nitrogen functional groups attached to an aromatic ring is 1. The van der Waals surface area contributed by atoms with E-state index in [1.54, 1.807) is 29.2 Å². The number of pyridine rings is 1. The van der Waals surface area contributed by atoms with Crippen molar-refractivity contribution in [1.29, 1.82) is 0 Å². The molecule has 0 aliphatic carbocycles. The molecule has 7 heteroatoms. The summed E-state index contributed by atoms with van der Waals surface area (Å²) in [6, 6.07) is 16.2. The largest absolute Gasteiger partial charge is 0.396 e. The number of benzene rings is 2. The number of hydrogen-bond donors (Lipinski definition) is 2. The molecule has 3 heterocycles. The number of aromatic nitrogens is 1. The number of likely N-dealkylation sites (tertiary alicyclic amines) is 1. The number of nitrogens with zero attached hydrogens (tertiary/aromatic N) is 3. The highest BCUT2D eigenvalue weighted by atomic mass is 19.1. The molecular weight excluding hydrogens is 417 g/mol. The van der Waals surface area contributed by atoms with Crippen molar-refractivity contribution in [3.8, 4) is 11.3 Å². The summed E-state index contributed by atoms with van der Waals surface area (Å²) in [6.45, 7) is 5.67. The monoisotopic (exact) mass is 445 g/mol. The molecule has 1 saturated heterocycles. The molecule has 1 atom stereocenters. The lowest BCUT2D eigenvalue weighted by Gasteiger charge is -2.24. The van der Waals surface area contributed by atoms with Gasteiger partial charge in [-0.15, -0.1) is 0 Å². The lowest BCUT2D eigenvalue weighted by Crippen LogP contribution is -2.30. The Bertz CT molecular complexity index is 1170. The first-order valence-corrected chi connectivity index (χ1v) is 11.4. The molecule has 1 aromatic heterocycles. The molecule has 0 saturated carbocycles. The Morgan fingerprint density at radius 3 is 2.52 bits per heavy atom. The van der Waals surface area contributed by atoms with Crippen LogP contribution in [0, 0.1) is 5.82 Å². The molecule has 0 radical (unpaired) electrons. The number of carbonyl (C=O) groups excluding carboxylic acids is 1. The number of halogens is 1. The van der Waals surface area contributed by atoms with Crippen molar-refractivity contribution in [1.82, 2.24) is 14.8 Å². The van der Waals surface area contributed by atoms with Gasteiger partial charge in [-0.05, 0) is 85.9 Å². The van der Waals surface area contributed by atoms with Crippen LogP contribution >= 0.6 is 0 Å². The second-order valence-electron chi connectivity index (χ2n) is 8.87. The normalized spacial score (nSPS) is 16.6. The Morgan fingerprint density at radius 2 is 1.76 bits per heavy atom. The van der Waals surface area contributed by atoms with Gasteiger partial charge in [0.1, 0.15) is 5.82 Å². The number of anilines is 2. The number of nitrogens with one attached hydrogen (secondary N) is 1. The Hall–Kier alpha value is -3.45. The number of urea groups is 1. The quantitative estimate of drug-likeness (QED) is 0.581. The van der Waals surface area contributed by atoms with Crippen LogP contribution in [0.2, 0.25) is 0 Å². The van der Waals surface area contributed by atoms with Crippen molar-refractivity contribution < 1.29 is 9.18 Å². The van der Waals surface area contributed by atoms with Gasteiger partial charge in [0, 0.05) is 24.7 Å². The van der Waals surface area contributed by atoms with Crippen LogP contribution in [0.4, 0.5) is 20.7 Å². The summed E-state index contributed by atoms with van der Waals surface area (Å²) in [4.78, 5) is 21.8. The number of fused-ring (bicyclic) bond motifs is 1. The zero-order valence-electron chi connectivity index (χ0n) is 18.7. The molecule has 2 aliphatic heterocycles. The van der Waals surface area contributed by atoms with Crippen molar-refractivity contribution in [2.24, 2.45) is 0 Å². The van der Waals surface area contributed by atoms with E-state index in [4.69, 9.17) is 5.73 Å². The van der Waals surface area contributed by atoms with Crippen LogP contribution in [0.5, 0.6) is 0 Å². The van der Waals surface area contributed by atoms with Gasteiger partial charge in [0.15, 0.2) is 5.82 Å². The maximum atomic E-state index is 13.2. The Balaban J connectivity index is 1.29. The predicted octanol–water partition coefficient (Wildman–Crippen LogP) is 5.17. The summed E-state index contributed by atoms with van der Waals surface area (Å²) in [5, 5.41) is 2.86. The first-order chi connectivity index (χ1) is 16.0. The minimum absolute atomic E-state index is 0.240. The van der Waals surface area contributed by atoms with E-state index in [1.165, 1.54) is 41.7 Å². The van der Waals surface area contributed by atoms with E-state index in [0.29, 0.717) is 36.3 Å². The van der Waals surface area contributed by atoms with Crippen LogP contribution in [0.25, 0.3) is 11.3 Å². The fraction of sp³-hybridized carbons (Fsp3) is 0.308. The predicted molar refractivity (Wildman–Crippen MR) is 128 cm³/mol. The lowest BCUT2D eigenvalue weighted by molar-refractivity contribution is 0.212. The molecule has 170 valence electrons. The van der Waals surface area contributed by atoms with Gasteiger partial charge in [-0.3, -0.25) is 10.2 Å². The SMILES string of the molecule is CC(c1ccc2c(c1)CN(C(=O)Nc1nc(-c3ccc(F)cc3)ccc1N)C2)N1CCCC1. The van der Waals surface area contributed by atoms with Gasteiger partial charge in [-0.25, -0.2) is 14.2 Å². The van der Waals surface area contributed by atoms with Crippen molar-refractivity contribution in [2.45, 2.75) is 38.9 Å². The van der Waals surface area contributed by atoms with E-state index < -0.39 is 0 Å². The van der Waals surface area contributed by atoms with Crippen LogP contribution in [0.3, 0.4) is 0 Å².